The monoisotopic (exact) mass is 334 g/mol. The van der Waals surface area contributed by atoms with Crippen LogP contribution in [0.25, 0.3) is 0 Å². The molecule has 0 aliphatic heterocycles. The first-order chi connectivity index (χ1) is 10.7. The molecule has 1 aromatic rings. The molecule has 0 heterocycles. The molecule has 1 N–H and O–H groups in total. The molecule has 0 fully saturated rings. The van der Waals surface area contributed by atoms with Crippen LogP contribution in [0.2, 0.25) is 16.6 Å². The summed E-state index contributed by atoms with van der Waals surface area (Å²) in [4.78, 5) is 0. The second-order valence-electron chi connectivity index (χ2n) is 7.42. The smallest absolute Gasteiger partial charge is 0.257 e. The van der Waals surface area contributed by atoms with Crippen LogP contribution in [0.5, 0.6) is 0 Å². The highest BCUT2D eigenvalue weighted by Crippen LogP contribution is 2.42. The van der Waals surface area contributed by atoms with E-state index in [1.165, 1.54) is 0 Å². The van der Waals surface area contributed by atoms with Gasteiger partial charge in [0.1, 0.15) is 0 Å². The second kappa shape index (κ2) is 8.70. The highest BCUT2D eigenvalue weighted by atomic mass is 28.4. The molecular weight excluding hydrogens is 300 g/mol. The van der Waals surface area contributed by atoms with Crippen molar-refractivity contribution in [2.45, 2.75) is 77.6 Å². The number of aliphatic hydroxyl groups is 1. The van der Waals surface area contributed by atoms with Crippen LogP contribution in [0.3, 0.4) is 0 Å². The predicted octanol–water partition coefficient (Wildman–Crippen LogP) is 6.12. The second-order valence-corrected chi connectivity index (χ2v) is 12.8. The summed E-state index contributed by atoms with van der Waals surface area (Å²) in [5.41, 5.74) is 3.82. The van der Waals surface area contributed by atoms with E-state index in [0.29, 0.717) is 23.0 Å². The Morgan fingerprint density at radius 2 is 1.52 bits per heavy atom. The summed E-state index contributed by atoms with van der Waals surface area (Å²) in [7, 11) is -1.86. The van der Waals surface area contributed by atoms with Gasteiger partial charge in [0.15, 0.2) is 0 Å². The van der Waals surface area contributed by atoms with Crippen LogP contribution >= 0.6 is 0 Å². The molecule has 0 unspecified atom stereocenters. The van der Waals surface area contributed by atoms with E-state index in [1.54, 1.807) is 0 Å². The molecule has 0 radical (unpaired) electrons. The van der Waals surface area contributed by atoms with Crippen molar-refractivity contribution in [3.05, 3.63) is 47.7 Å². The third-order valence-corrected chi connectivity index (χ3v) is 10.9. The van der Waals surface area contributed by atoms with Gasteiger partial charge in [-0.05, 0) is 47.2 Å². The molecular formula is C20H34O2Si. The van der Waals surface area contributed by atoms with Gasteiger partial charge in [-0.15, -0.1) is 0 Å². The molecule has 1 aromatic carbocycles. The minimum absolute atomic E-state index is 0.468. The molecule has 23 heavy (non-hydrogen) atoms. The Kier molecular flexibility index (Phi) is 7.55. The highest BCUT2D eigenvalue weighted by Gasteiger charge is 2.46. The molecule has 0 bridgehead atoms. The first-order valence-corrected chi connectivity index (χ1v) is 10.9. The van der Waals surface area contributed by atoms with E-state index in [9.17, 15) is 5.11 Å². The van der Waals surface area contributed by atoms with E-state index >= 15 is 0 Å². The fourth-order valence-electron chi connectivity index (χ4n) is 3.85. The maximum absolute atomic E-state index is 10.4. The Labute approximate surface area is 143 Å². The van der Waals surface area contributed by atoms with Gasteiger partial charge < -0.3 is 9.53 Å². The van der Waals surface area contributed by atoms with Gasteiger partial charge in [0, 0.05) is 0 Å². The number of benzene rings is 1. The number of hydrogen-bond donors (Lipinski definition) is 1. The Morgan fingerprint density at radius 1 is 1.00 bits per heavy atom. The maximum atomic E-state index is 10.4. The van der Waals surface area contributed by atoms with Gasteiger partial charge in [-0.3, -0.25) is 0 Å². The molecule has 1 atom stereocenters. The Balaban J connectivity index is 2.75. The van der Waals surface area contributed by atoms with E-state index in [-0.39, 0.29) is 0 Å². The maximum Gasteiger partial charge on any atom is 0.257 e. The van der Waals surface area contributed by atoms with E-state index < -0.39 is 14.4 Å². The zero-order valence-corrected chi connectivity index (χ0v) is 16.8. The standard InChI is InChI=1S/C20H34O2Si/c1-15(2)23(16(3)4,17(5)6)22-14-10-13-20(21)19-12-9-8-11-18(19)7/h8-12,14-17,20-21H,13H2,1-7H3/b14-10-/t20-/m0/s1. The molecule has 3 heteroatoms. The molecule has 1 rings (SSSR count). The Bertz CT molecular complexity index is 484. The molecule has 0 saturated carbocycles. The fraction of sp³-hybridized carbons (Fsp3) is 0.600. The molecule has 0 aliphatic rings. The largest absolute Gasteiger partial charge is 0.548 e. The lowest BCUT2D eigenvalue weighted by molar-refractivity contribution is 0.180. The van der Waals surface area contributed by atoms with Gasteiger partial charge in [-0.1, -0.05) is 65.8 Å². The van der Waals surface area contributed by atoms with E-state index in [4.69, 9.17) is 4.43 Å². The van der Waals surface area contributed by atoms with Crippen molar-refractivity contribution in [1.82, 2.24) is 0 Å². The fourth-order valence-corrected chi connectivity index (χ4v) is 8.99. The number of aryl methyl sites for hydroxylation is 1. The van der Waals surface area contributed by atoms with Crippen molar-refractivity contribution in [3.63, 3.8) is 0 Å². The van der Waals surface area contributed by atoms with Crippen molar-refractivity contribution in [3.8, 4) is 0 Å². The average molecular weight is 335 g/mol. The average Bonchev–Trinajstić information content (AvgIpc) is 2.46. The van der Waals surface area contributed by atoms with Gasteiger partial charge >= 0.3 is 0 Å². The SMILES string of the molecule is Cc1ccccc1[C@@H](O)C/C=C\O[Si](C(C)C)(C(C)C)C(C)C. The summed E-state index contributed by atoms with van der Waals surface area (Å²) in [6, 6.07) is 8.00. The first-order valence-electron chi connectivity index (χ1n) is 8.79. The quantitative estimate of drug-likeness (QED) is 0.458. The first kappa shape index (κ1) is 20.0. The number of hydrogen-bond acceptors (Lipinski definition) is 2. The number of aliphatic hydroxyl groups excluding tert-OH is 1. The zero-order chi connectivity index (χ0) is 17.6. The summed E-state index contributed by atoms with van der Waals surface area (Å²) >= 11 is 0. The van der Waals surface area contributed by atoms with Crippen molar-refractivity contribution < 1.29 is 9.53 Å². The summed E-state index contributed by atoms with van der Waals surface area (Å²) < 4.78 is 6.38. The molecule has 0 aromatic heterocycles. The van der Waals surface area contributed by atoms with Crippen molar-refractivity contribution in [2.24, 2.45) is 0 Å². The van der Waals surface area contributed by atoms with Gasteiger partial charge in [-0.25, -0.2) is 0 Å². The van der Waals surface area contributed by atoms with Gasteiger partial charge in [0.2, 0.25) is 0 Å². The van der Waals surface area contributed by atoms with Crippen molar-refractivity contribution in [2.75, 3.05) is 0 Å². The van der Waals surface area contributed by atoms with Crippen LogP contribution in [0.1, 0.15) is 65.2 Å². The lowest BCUT2D eigenvalue weighted by Gasteiger charge is -2.41. The minimum Gasteiger partial charge on any atom is -0.548 e. The number of rotatable bonds is 8. The third-order valence-electron chi connectivity index (χ3n) is 4.98. The van der Waals surface area contributed by atoms with Crippen LogP contribution in [-0.4, -0.2) is 13.4 Å². The van der Waals surface area contributed by atoms with Crippen LogP contribution in [0.15, 0.2) is 36.6 Å². The topological polar surface area (TPSA) is 29.5 Å². The summed E-state index contributed by atoms with van der Waals surface area (Å²) in [5.74, 6) is 0. The molecule has 130 valence electrons. The molecule has 0 amide bonds. The third kappa shape index (κ3) is 4.71. The highest BCUT2D eigenvalue weighted by molar-refractivity contribution is 6.77. The van der Waals surface area contributed by atoms with Crippen molar-refractivity contribution >= 4 is 8.32 Å². The molecule has 2 nitrogen and oxygen atoms in total. The summed E-state index contributed by atoms with van der Waals surface area (Å²) in [6.45, 7) is 15.7. The normalized spacial score (nSPS) is 14.2. The molecule has 0 aliphatic carbocycles. The van der Waals surface area contributed by atoms with Crippen molar-refractivity contribution in [1.29, 1.82) is 0 Å². The van der Waals surface area contributed by atoms with Gasteiger partial charge in [0.05, 0.1) is 12.4 Å². The lowest BCUT2D eigenvalue weighted by Crippen LogP contribution is -2.46. The Morgan fingerprint density at radius 3 is 2.00 bits per heavy atom. The van der Waals surface area contributed by atoms with Crippen LogP contribution < -0.4 is 0 Å². The van der Waals surface area contributed by atoms with Crippen LogP contribution in [0.4, 0.5) is 0 Å². The van der Waals surface area contributed by atoms with E-state index in [1.807, 2.05) is 43.5 Å². The molecule has 0 saturated heterocycles. The molecule has 0 spiro atoms. The van der Waals surface area contributed by atoms with Crippen LogP contribution in [0, 0.1) is 6.92 Å². The lowest BCUT2D eigenvalue weighted by atomic mass is 10.0. The van der Waals surface area contributed by atoms with E-state index in [2.05, 4.69) is 41.5 Å². The predicted molar refractivity (Wildman–Crippen MR) is 102 cm³/mol. The Hall–Kier alpha value is -1.06. The van der Waals surface area contributed by atoms with Gasteiger partial charge in [-0.2, -0.15) is 0 Å². The summed E-state index contributed by atoms with van der Waals surface area (Å²) in [6.07, 6.45) is 3.95. The van der Waals surface area contributed by atoms with E-state index in [0.717, 1.165) is 11.1 Å². The minimum atomic E-state index is -1.86. The van der Waals surface area contributed by atoms with Gasteiger partial charge in [0.25, 0.3) is 8.32 Å². The summed E-state index contributed by atoms with van der Waals surface area (Å²) in [5, 5.41) is 10.4. The van der Waals surface area contributed by atoms with Crippen LogP contribution in [-0.2, 0) is 4.43 Å². The zero-order valence-electron chi connectivity index (χ0n) is 15.8.